The lowest BCUT2D eigenvalue weighted by atomic mass is 9.42. The number of carbonyl (C=O) groups is 2. The monoisotopic (exact) mass is 590 g/mol. The lowest BCUT2D eigenvalue weighted by Crippen LogP contribution is -2.71. The van der Waals surface area contributed by atoms with Crippen molar-refractivity contribution < 1.29 is 19.8 Å². The van der Waals surface area contributed by atoms with Crippen LogP contribution in [-0.4, -0.2) is 68.2 Å². The first-order valence-electron chi connectivity index (χ1n) is 15.8. The van der Waals surface area contributed by atoms with Gasteiger partial charge in [-0.1, -0.05) is 60.7 Å². The maximum atomic E-state index is 14.1. The van der Waals surface area contributed by atoms with Gasteiger partial charge >= 0.3 is 11.9 Å². The highest BCUT2D eigenvalue weighted by Crippen LogP contribution is 2.64. The molecule has 2 heterocycles. The number of nitrogens with zero attached hydrogens (tertiary/aromatic N) is 2. The Hall–Kier alpha value is -2.70. The first-order valence-corrected chi connectivity index (χ1v) is 15.8. The van der Waals surface area contributed by atoms with E-state index in [1.165, 1.54) is 0 Å². The number of carboxylic acid groups (broad SMARTS) is 2. The molecule has 0 saturated carbocycles. The van der Waals surface area contributed by atoms with Crippen molar-refractivity contribution in [2.45, 2.75) is 115 Å². The van der Waals surface area contributed by atoms with Crippen LogP contribution in [-0.2, 0) is 21.4 Å². The van der Waals surface area contributed by atoms with Crippen LogP contribution in [0.25, 0.3) is 0 Å². The van der Waals surface area contributed by atoms with Crippen molar-refractivity contribution >= 4 is 11.9 Å². The maximum absolute atomic E-state index is 14.1. The van der Waals surface area contributed by atoms with E-state index in [1.807, 2.05) is 60.7 Å². The van der Waals surface area contributed by atoms with E-state index in [1.54, 1.807) is 0 Å². The first kappa shape index (κ1) is 33.2. The average molecular weight is 591 g/mol. The third-order valence-corrected chi connectivity index (χ3v) is 11.9. The van der Waals surface area contributed by atoms with Crippen molar-refractivity contribution in [1.82, 2.24) is 9.80 Å². The predicted molar refractivity (Wildman–Crippen MR) is 173 cm³/mol. The van der Waals surface area contributed by atoms with Gasteiger partial charge in [0.05, 0.1) is 0 Å². The molecule has 236 valence electrons. The van der Waals surface area contributed by atoms with Crippen LogP contribution in [0.15, 0.2) is 60.7 Å². The maximum Gasteiger partial charge on any atom is 0.322 e. The van der Waals surface area contributed by atoms with E-state index in [0.29, 0.717) is 25.7 Å². The zero-order chi connectivity index (χ0) is 32.2. The van der Waals surface area contributed by atoms with Gasteiger partial charge < -0.3 is 10.2 Å². The predicted octanol–water partition coefficient (Wildman–Crippen LogP) is 7.12. The van der Waals surface area contributed by atoms with Crippen LogP contribution >= 0.6 is 0 Å². The molecule has 0 spiro atoms. The minimum atomic E-state index is -2.12. The van der Waals surface area contributed by atoms with Gasteiger partial charge in [0.1, 0.15) is 0 Å². The highest BCUT2D eigenvalue weighted by molar-refractivity contribution is 6.01. The van der Waals surface area contributed by atoms with Crippen LogP contribution in [0.1, 0.15) is 92.2 Å². The van der Waals surface area contributed by atoms with Crippen molar-refractivity contribution in [1.29, 1.82) is 0 Å². The molecule has 2 aromatic carbocycles. The molecular formula is C37H54N2O4. The topological polar surface area (TPSA) is 81.1 Å². The lowest BCUT2D eigenvalue weighted by molar-refractivity contribution is -0.189. The fraction of sp³-hybridized carbons (Fsp3) is 0.622. The largest absolute Gasteiger partial charge is 0.480 e. The fourth-order valence-electron chi connectivity index (χ4n) is 9.49. The van der Waals surface area contributed by atoms with Crippen molar-refractivity contribution in [3.05, 3.63) is 71.8 Å². The molecule has 2 saturated heterocycles. The summed E-state index contributed by atoms with van der Waals surface area (Å²) in [4.78, 5) is 33.1. The van der Waals surface area contributed by atoms with E-state index in [2.05, 4.69) is 79.3 Å². The summed E-state index contributed by atoms with van der Waals surface area (Å²) in [6, 6.07) is 19.3. The smallest absolute Gasteiger partial charge is 0.322 e. The number of rotatable bonds is 8. The van der Waals surface area contributed by atoms with Crippen LogP contribution in [0.4, 0.5) is 0 Å². The number of hydrogen-bond donors (Lipinski definition) is 2. The Kier molecular flexibility index (Phi) is 8.51. The second-order valence-corrected chi connectivity index (χ2v) is 16.0. The van der Waals surface area contributed by atoms with Crippen molar-refractivity contribution in [2.75, 3.05) is 14.1 Å². The summed E-state index contributed by atoms with van der Waals surface area (Å²) in [6.07, 6.45) is 2.66. The number of piperidine rings is 2. The molecule has 0 amide bonds. The second kappa shape index (κ2) is 11.0. The van der Waals surface area contributed by atoms with Crippen LogP contribution < -0.4 is 0 Å². The molecule has 2 fully saturated rings. The van der Waals surface area contributed by atoms with Crippen LogP contribution in [0.5, 0.6) is 0 Å². The third kappa shape index (κ3) is 5.33. The van der Waals surface area contributed by atoms with Crippen LogP contribution in [0, 0.1) is 17.3 Å². The summed E-state index contributed by atoms with van der Waals surface area (Å²) in [6.45, 7) is 17.8. The average Bonchev–Trinajstić information content (AvgIpc) is 2.90. The molecule has 2 aliphatic heterocycles. The Morgan fingerprint density at radius 3 is 1.30 bits per heavy atom. The molecule has 0 aliphatic carbocycles. The normalized spacial score (nSPS) is 23.1. The van der Waals surface area contributed by atoms with Crippen molar-refractivity contribution in [3.8, 4) is 0 Å². The minimum Gasteiger partial charge on any atom is -0.480 e. The first-order chi connectivity index (χ1) is 19.8. The highest BCUT2D eigenvalue weighted by Gasteiger charge is 2.71. The molecule has 2 N–H and O–H groups in total. The molecule has 0 radical (unpaired) electrons. The Labute approximate surface area is 259 Å². The van der Waals surface area contributed by atoms with E-state index in [4.69, 9.17) is 0 Å². The molecule has 6 heteroatoms. The van der Waals surface area contributed by atoms with Crippen LogP contribution in [0.3, 0.4) is 0 Å². The van der Waals surface area contributed by atoms with Gasteiger partial charge in [-0.3, -0.25) is 19.4 Å². The van der Waals surface area contributed by atoms with E-state index in [0.717, 1.165) is 11.1 Å². The number of aliphatic carboxylic acids is 2. The summed E-state index contributed by atoms with van der Waals surface area (Å²) in [5, 5.41) is 23.1. The Morgan fingerprint density at radius 1 is 0.651 bits per heavy atom. The summed E-state index contributed by atoms with van der Waals surface area (Å²) >= 11 is 0. The highest BCUT2D eigenvalue weighted by atomic mass is 16.4. The number of benzene rings is 2. The summed E-state index contributed by atoms with van der Waals surface area (Å²) in [5.74, 6) is -2.94. The third-order valence-electron chi connectivity index (χ3n) is 11.9. The van der Waals surface area contributed by atoms with Crippen molar-refractivity contribution in [3.63, 3.8) is 0 Å². The molecule has 4 rings (SSSR count). The second-order valence-electron chi connectivity index (χ2n) is 16.0. The van der Waals surface area contributed by atoms with E-state index in [9.17, 15) is 19.8 Å². The van der Waals surface area contributed by atoms with Gasteiger partial charge in [-0.25, -0.2) is 0 Å². The van der Waals surface area contributed by atoms with E-state index < -0.39 is 22.8 Å². The molecule has 0 unspecified atom stereocenters. The molecule has 43 heavy (non-hydrogen) atoms. The zero-order valence-corrected chi connectivity index (χ0v) is 28.1. The fourth-order valence-corrected chi connectivity index (χ4v) is 9.49. The number of carboxylic acids is 2. The Morgan fingerprint density at radius 2 is 0.977 bits per heavy atom. The zero-order valence-electron chi connectivity index (χ0n) is 28.1. The van der Waals surface area contributed by atoms with Crippen LogP contribution in [0.2, 0.25) is 0 Å². The number of likely N-dealkylation sites (tertiary alicyclic amines) is 2. The molecule has 0 aromatic heterocycles. The SMILES string of the molecule is CN1C(C)(C)CC(C(c2ccccc2)(C2CC(C)(C)N(C)C(C)(C)C2)C(Cc2ccccc2)(C(=O)O)C(=O)O)CC1(C)C. The molecule has 2 aliphatic rings. The van der Waals surface area contributed by atoms with Gasteiger partial charge in [0.15, 0.2) is 5.41 Å². The summed E-state index contributed by atoms with van der Waals surface area (Å²) in [7, 11) is 4.29. The van der Waals surface area contributed by atoms with Gasteiger partial charge in [0.2, 0.25) is 0 Å². The van der Waals surface area contributed by atoms with Gasteiger partial charge in [-0.05, 0) is 118 Å². The molecule has 0 bridgehead atoms. The molecular weight excluding hydrogens is 536 g/mol. The Balaban J connectivity index is 2.20. The van der Waals surface area contributed by atoms with E-state index >= 15 is 0 Å². The summed E-state index contributed by atoms with van der Waals surface area (Å²) in [5.41, 5.74) is -2.89. The number of hydrogen-bond acceptors (Lipinski definition) is 4. The van der Waals surface area contributed by atoms with Gasteiger partial charge in [0.25, 0.3) is 0 Å². The van der Waals surface area contributed by atoms with Gasteiger partial charge in [-0.15, -0.1) is 0 Å². The molecule has 0 atom stereocenters. The summed E-state index contributed by atoms with van der Waals surface area (Å²) < 4.78 is 0. The van der Waals surface area contributed by atoms with Gasteiger partial charge in [-0.2, -0.15) is 0 Å². The lowest BCUT2D eigenvalue weighted by Gasteiger charge is -2.65. The Bertz CT molecular complexity index is 1220. The standard InChI is InChI=1S/C37H54N2O4/c1-32(2)22-28(23-33(3,4)38(32)9)37(27-19-15-12-16-20-27,29-24-34(5,6)39(10)35(7,8)25-29)36(30(40)41,31(42)43)21-26-17-13-11-14-18-26/h11-20,28-29H,21-25H2,1-10H3,(H,40,41)(H,42,43). The quantitative estimate of drug-likeness (QED) is 0.319. The molecule has 6 nitrogen and oxygen atoms in total. The van der Waals surface area contributed by atoms with Crippen molar-refractivity contribution in [2.24, 2.45) is 17.3 Å². The molecule has 2 aromatic rings. The van der Waals surface area contributed by atoms with Gasteiger partial charge in [0, 0.05) is 34.0 Å². The van der Waals surface area contributed by atoms with E-state index in [-0.39, 0.29) is 40.4 Å². The minimum absolute atomic E-state index is 0.0895.